The van der Waals surface area contributed by atoms with Crippen LogP contribution in [0.15, 0.2) is 23.7 Å². The van der Waals surface area contributed by atoms with E-state index < -0.39 is 0 Å². The Labute approximate surface area is 114 Å². The minimum atomic E-state index is -0.250. The van der Waals surface area contributed by atoms with E-state index >= 15 is 0 Å². The van der Waals surface area contributed by atoms with Gasteiger partial charge in [-0.25, -0.2) is 4.98 Å². The minimum Gasteiger partial charge on any atom is -0.495 e. The van der Waals surface area contributed by atoms with Crippen LogP contribution >= 0.6 is 22.9 Å². The number of ether oxygens (including phenoxy) is 1. The molecule has 2 aromatic heterocycles. The van der Waals surface area contributed by atoms with Gasteiger partial charge in [0, 0.05) is 6.20 Å². The molecule has 2 heterocycles. The van der Waals surface area contributed by atoms with Crippen molar-refractivity contribution in [2.75, 3.05) is 12.4 Å². The summed E-state index contributed by atoms with van der Waals surface area (Å²) in [5, 5.41) is 4.83. The highest BCUT2D eigenvalue weighted by atomic mass is 35.5. The first-order valence-electron chi connectivity index (χ1n) is 5.17. The number of aryl methyl sites for hydroxylation is 1. The largest absolute Gasteiger partial charge is 0.495 e. The molecule has 0 unspecified atom stereocenters. The van der Waals surface area contributed by atoms with Gasteiger partial charge >= 0.3 is 0 Å². The second kappa shape index (κ2) is 5.37. The molecule has 0 saturated carbocycles. The van der Waals surface area contributed by atoms with Crippen LogP contribution in [0.2, 0.25) is 5.15 Å². The Morgan fingerprint density at radius 3 is 2.94 bits per heavy atom. The molecule has 0 radical (unpaired) electrons. The van der Waals surface area contributed by atoms with E-state index in [0.717, 1.165) is 5.56 Å². The molecular formula is C12H11ClN2O2S. The monoisotopic (exact) mass is 282 g/mol. The SMILES string of the molecule is COc1ccsc1C(=O)Nc1c(C)ccnc1Cl. The van der Waals surface area contributed by atoms with Gasteiger partial charge in [-0.15, -0.1) is 11.3 Å². The number of hydrogen-bond acceptors (Lipinski definition) is 4. The zero-order valence-corrected chi connectivity index (χ0v) is 11.4. The van der Waals surface area contributed by atoms with Crippen molar-refractivity contribution in [3.05, 3.63) is 39.3 Å². The van der Waals surface area contributed by atoms with Crippen molar-refractivity contribution >= 4 is 34.5 Å². The summed E-state index contributed by atoms with van der Waals surface area (Å²) in [4.78, 5) is 16.5. The fourth-order valence-corrected chi connectivity index (χ4v) is 2.48. The van der Waals surface area contributed by atoms with Gasteiger partial charge in [0.25, 0.3) is 5.91 Å². The number of anilines is 1. The number of rotatable bonds is 3. The van der Waals surface area contributed by atoms with Crippen molar-refractivity contribution in [3.63, 3.8) is 0 Å². The van der Waals surface area contributed by atoms with Crippen molar-refractivity contribution < 1.29 is 9.53 Å². The number of methoxy groups -OCH3 is 1. The first-order chi connectivity index (χ1) is 8.63. The smallest absolute Gasteiger partial charge is 0.269 e. The summed E-state index contributed by atoms with van der Waals surface area (Å²) in [6.07, 6.45) is 1.60. The molecule has 18 heavy (non-hydrogen) atoms. The predicted octanol–water partition coefficient (Wildman–Crippen LogP) is 3.37. The molecular weight excluding hydrogens is 272 g/mol. The Morgan fingerprint density at radius 2 is 2.28 bits per heavy atom. The molecule has 2 aromatic rings. The van der Waals surface area contributed by atoms with Gasteiger partial charge in [0.15, 0.2) is 5.15 Å². The highest BCUT2D eigenvalue weighted by Gasteiger charge is 2.16. The number of pyridine rings is 1. The normalized spacial score (nSPS) is 10.2. The Morgan fingerprint density at radius 1 is 1.50 bits per heavy atom. The maximum atomic E-state index is 12.1. The van der Waals surface area contributed by atoms with E-state index in [4.69, 9.17) is 16.3 Å². The van der Waals surface area contributed by atoms with E-state index in [-0.39, 0.29) is 11.1 Å². The van der Waals surface area contributed by atoms with Crippen LogP contribution in [-0.4, -0.2) is 18.0 Å². The number of aromatic nitrogens is 1. The van der Waals surface area contributed by atoms with Crippen molar-refractivity contribution in [2.45, 2.75) is 6.92 Å². The van der Waals surface area contributed by atoms with Crippen LogP contribution in [0.25, 0.3) is 0 Å². The maximum absolute atomic E-state index is 12.1. The Hall–Kier alpha value is -1.59. The number of thiophene rings is 1. The highest BCUT2D eigenvalue weighted by molar-refractivity contribution is 7.12. The lowest BCUT2D eigenvalue weighted by atomic mass is 10.2. The van der Waals surface area contributed by atoms with Crippen LogP contribution in [0, 0.1) is 6.92 Å². The summed E-state index contributed by atoms with van der Waals surface area (Å²) in [7, 11) is 1.53. The van der Waals surface area contributed by atoms with Gasteiger partial charge in [-0.2, -0.15) is 0 Å². The average Bonchev–Trinajstić information content (AvgIpc) is 2.82. The molecule has 4 nitrogen and oxygen atoms in total. The van der Waals surface area contributed by atoms with Crippen LogP contribution < -0.4 is 10.1 Å². The third-order valence-corrected chi connectivity index (χ3v) is 3.59. The zero-order chi connectivity index (χ0) is 13.1. The molecule has 0 aliphatic carbocycles. The molecule has 2 rings (SSSR count). The maximum Gasteiger partial charge on any atom is 0.269 e. The molecule has 0 fully saturated rings. The number of halogens is 1. The molecule has 0 aromatic carbocycles. The minimum absolute atomic E-state index is 0.250. The van der Waals surface area contributed by atoms with Gasteiger partial charge in [-0.1, -0.05) is 11.6 Å². The third-order valence-electron chi connectivity index (χ3n) is 2.41. The molecule has 0 aliphatic rings. The summed E-state index contributed by atoms with van der Waals surface area (Å²) in [6, 6.07) is 3.53. The van der Waals surface area contributed by atoms with E-state index in [1.807, 2.05) is 6.92 Å². The summed E-state index contributed by atoms with van der Waals surface area (Å²) < 4.78 is 5.11. The number of amides is 1. The number of nitrogens with zero attached hydrogens (tertiary/aromatic N) is 1. The predicted molar refractivity (Wildman–Crippen MR) is 72.8 cm³/mol. The van der Waals surface area contributed by atoms with Crippen molar-refractivity contribution in [1.29, 1.82) is 0 Å². The first kappa shape index (κ1) is 12.9. The van der Waals surface area contributed by atoms with Gasteiger partial charge < -0.3 is 10.1 Å². The Kier molecular flexibility index (Phi) is 3.84. The van der Waals surface area contributed by atoms with Gasteiger partial charge in [0.1, 0.15) is 10.6 Å². The topological polar surface area (TPSA) is 51.2 Å². The quantitative estimate of drug-likeness (QED) is 0.878. The van der Waals surface area contributed by atoms with Gasteiger partial charge in [-0.3, -0.25) is 4.79 Å². The fraction of sp³-hybridized carbons (Fsp3) is 0.167. The lowest BCUT2D eigenvalue weighted by molar-refractivity contribution is 0.102. The van der Waals surface area contributed by atoms with E-state index in [1.54, 1.807) is 23.7 Å². The molecule has 0 aliphatic heterocycles. The molecule has 1 amide bonds. The summed E-state index contributed by atoms with van der Waals surface area (Å²) in [5.74, 6) is 0.301. The van der Waals surface area contributed by atoms with Gasteiger partial charge in [-0.05, 0) is 30.0 Å². The Bertz CT molecular complexity index is 563. The van der Waals surface area contributed by atoms with Crippen LogP contribution in [0.5, 0.6) is 5.75 Å². The zero-order valence-electron chi connectivity index (χ0n) is 9.86. The molecule has 1 N–H and O–H groups in total. The summed E-state index contributed by atoms with van der Waals surface area (Å²) in [5.41, 5.74) is 1.39. The van der Waals surface area contributed by atoms with Crippen molar-refractivity contribution in [3.8, 4) is 5.75 Å². The molecule has 6 heteroatoms. The van der Waals surface area contributed by atoms with Crippen molar-refractivity contribution in [2.24, 2.45) is 0 Å². The molecule has 0 spiro atoms. The van der Waals surface area contributed by atoms with E-state index in [0.29, 0.717) is 16.3 Å². The van der Waals surface area contributed by atoms with Crippen molar-refractivity contribution in [1.82, 2.24) is 4.98 Å². The van der Waals surface area contributed by atoms with Crippen LogP contribution in [0.1, 0.15) is 15.2 Å². The highest BCUT2D eigenvalue weighted by Crippen LogP contribution is 2.28. The first-order valence-corrected chi connectivity index (χ1v) is 6.43. The number of nitrogens with one attached hydrogen (secondary N) is 1. The van der Waals surface area contributed by atoms with Crippen LogP contribution in [0.4, 0.5) is 5.69 Å². The third kappa shape index (κ3) is 2.47. The second-order valence-corrected chi connectivity index (χ2v) is 4.84. The van der Waals surface area contributed by atoms with Gasteiger partial charge in [0.2, 0.25) is 0 Å². The second-order valence-electron chi connectivity index (χ2n) is 3.57. The lowest BCUT2D eigenvalue weighted by Gasteiger charge is -2.09. The molecule has 0 bridgehead atoms. The summed E-state index contributed by atoms with van der Waals surface area (Å²) >= 11 is 7.27. The van der Waals surface area contributed by atoms with Gasteiger partial charge in [0.05, 0.1) is 12.8 Å². The number of carbonyl (C=O) groups is 1. The molecule has 0 saturated heterocycles. The van der Waals surface area contributed by atoms with Crippen LogP contribution in [-0.2, 0) is 0 Å². The number of carbonyl (C=O) groups excluding carboxylic acids is 1. The van der Waals surface area contributed by atoms with E-state index in [1.165, 1.54) is 18.4 Å². The fourth-order valence-electron chi connectivity index (χ4n) is 1.47. The number of hydrogen-bond donors (Lipinski definition) is 1. The average molecular weight is 283 g/mol. The summed E-state index contributed by atoms with van der Waals surface area (Å²) in [6.45, 7) is 1.86. The van der Waals surface area contributed by atoms with E-state index in [9.17, 15) is 4.79 Å². The van der Waals surface area contributed by atoms with Crippen LogP contribution in [0.3, 0.4) is 0 Å². The molecule has 94 valence electrons. The standard InChI is InChI=1S/C12H11ClN2O2S/c1-7-3-5-14-11(13)9(7)15-12(16)10-8(17-2)4-6-18-10/h3-6H,1-2H3,(H,15,16). The molecule has 0 atom stereocenters. The van der Waals surface area contributed by atoms with E-state index in [2.05, 4.69) is 10.3 Å². The lowest BCUT2D eigenvalue weighted by Crippen LogP contribution is -2.13. The Balaban J connectivity index is 2.27.